The van der Waals surface area contributed by atoms with Crippen molar-refractivity contribution < 1.29 is 0 Å². The number of anilines is 1. The van der Waals surface area contributed by atoms with Gasteiger partial charge in [0.1, 0.15) is 0 Å². The van der Waals surface area contributed by atoms with Crippen LogP contribution in [0.25, 0.3) is 0 Å². The van der Waals surface area contributed by atoms with Crippen LogP contribution < -0.4 is 10.6 Å². The van der Waals surface area contributed by atoms with Gasteiger partial charge in [0.05, 0.1) is 0 Å². The predicted octanol–water partition coefficient (Wildman–Crippen LogP) is 2.24. The summed E-state index contributed by atoms with van der Waals surface area (Å²) in [6.45, 7) is 4.41. The second-order valence-corrected chi connectivity index (χ2v) is 5.46. The van der Waals surface area contributed by atoms with E-state index in [1.54, 1.807) is 0 Å². The van der Waals surface area contributed by atoms with Gasteiger partial charge in [-0.15, -0.1) is 0 Å². The molecule has 1 fully saturated rings. The summed E-state index contributed by atoms with van der Waals surface area (Å²) in [7, 11) is 4.33. The van der Waals surface area contributed by atoms with Crippen LogP contribution in [0, 0.1) is 0 Å². The van der Waals surface area contributed by atoms with Crippen molar-refractivity contribution in [1.29, 1.82) is 0 Å². The molecule has 1 aliphatic rings. The van der Waals surface area contributed by atoms with Crippen molar-refractivity contribution in [2.75, 3.05) is 32.1 Å². The van der Waals surface area contributed by atoms with Crippen LogP contribution in [0.4, 0.5) is 5.69 Å². The van der Waals surface area contributed by atoms with Gasteiger partial charge in [-0.1, -0.05) is 19.1 Å². The van der Waals surface area contributed by atoms with E-state index in [0.717, 1.165) is 19.5 Å². The Labute approximate surface area is 111 Å². The molecule has 0 aromatic heterocycles. The van der Waals surface area contributed by atoms with Gasteiger partial charge >= 0.3 is 0 Å². The molecule has 0 aliphatic carbocycles. The van der Waals surface area contributed by atoms with E-state index in [1.807, 2.05) is 0 Å². The molecular formula is C15H25N3. The van der Waals surface area contributed by atoms with Gasteiger partial charge in [-0.25, -0.2) is 0 Å². The van der Waals surface area contributed by atoms with Gasteiger partial charge in [-0.3, -0.25) is 0 Å². The molecule has 0 radical (unpaired) electrons. The maximum atomic E-state index is 6.04. The Morgan fingerprint density at radius 2 is 2.00 bits per heavy atom. The number of likely N-dealkylation sites (N-methyl/N-ethyl adjacent to an activating group) is 1. The highest BCUT2D eigenvalue weighted by molar-refractivity contribution is 5.49. The maximum Gasteiger partial charge on any atom is 0.0366 e. The SMILES string of the molecule is CCC(N)c1ccc(N2CCC(N(C)C)C2)cc1. The van der Waals surface area contributed by atoms with Crippen LogP contribution in [0.2, 0.25) is 0 Å². The van der Waals surface area contributed by atoms with Gasteiger partial charge in [0, 0.05) is 30.9 Å². The molecule has 0 amide bonds. The fourth-order valence-electron chi connectivity index (χ4n) is 2.57. The summed E-state index contributed by atoms with van der Waals surface area (Å²) in [5, 5.41) is 0. The highest BCUT2D eigenvalue weighted by atomic mass is 15.2. The first-order chi connectivity index (χ1) is 8.61. The monoisotopic (exact) mass is 247 g/mol. The first-order valence-electron chi connectivity index (χ1n) is 6.88. The van der Waals surface area contributed by atoms with Crippen molar-refractivity contribution in [3.05, 3.63) is 29.8 Å². The third-order valence-corrected chi connectivity index (χ3v) is 4.02. The molecule has 3 nitrogen and oxygen atoms in total. The normalized spacial score (nSPS) is 21.6. The molecule has 1 aliphatic heterocycles. The second-order valence-electron chi connectivity index (χ2n) is 5.46. The van der Waals surface area contributed by atoms with E-state index in [1.165, 1.54) is 17.7 Å². The number of hydrogen-bond donors (Lipinski definition) is 1. The van der Waals surface area contributed by atoms with Crippen molar-refractivity contribution in [3.8, 4) is 0 Å². The van der Waals surface area contributed by atoms with E-state index in [0.29, 0.717) is 6.04 Å². The molecule has 0 spiro atoms. The zero-order valence-electron chi connectivity index (χ0n) is 11.8. The molecule has 2 rings (SSSR count). The molecule has 0 saturated carbocycles. The summed E-state index contributed by atoms with van der Waals surface area (Å²) in [6.07, 6.45) is 2.25. The highest BCUT2D eigenvalue weighted by Crippen LogP contribution is 2.24. The summed E-state index contributed by atoms with van der Waals surface area (Å²) in [5.74, 6) is 0. The van der Waals surface area contributed by atoms with Crippen LogP contribution in [-0.4, -0.2) is 38.1 Å². The molecular weight excluding hydrogens is 222 g/mol. The summed E-state index contributed by atoms with van der Waals surface area (Å²) >= 11 is 0. The van der Waals surface area contributed by atoms with Crippen molar-refractivity contribution in [2.24, 2.45) is 5.73 Å². The molecule has 2 N–H and O–H groups in total. The van der Waals surface area contributed by atoms with Gasteiger partial charge in [0.15, 0.2) is 0 Å². The smallest absolute Gasteiger partial charge is 0.0366 e. The molecule has 1 saturated heterocycles. The summed E-state index contributed by atoms with van der Waals surface area (Å²) < 4.78 is 0. The average Bonchev–Trinajstić information content (AvgIpc) is 2.88. The molecule has 18 heavy (non-hydrogen) atoms. The second kappa shape index (κ2) is 5.72. The Bertz CT molecular complexity index is 372. The van der Waals surface area contributed by atoms with Crippen LogP contribution in [0.1, 0.15) is 31.4 Å². The Morgan fingerprint density at radius 3 is 2.50 bits per heavy atom. The minimum Gasteiger partial charge on any atom is -0.370 e. The quantitative estimate of drug-likeness (QED) is 0.885. The minimum absolute atomic E-state index is 0.173. The Morgan fingerprint density at radius 1 is 1.33 bits per heavy atom. The predicted molar refractivity (Wildman–Crippen MR) is 78.0 cm³/mol. The van der Waals surface area contributed by atoms with E-state index in [9.17, 15) is 0 Å². The first-order valence-corrected chi connectivity index (χ1v) is 6.88. The number of hydrogen-bond acceptors (Lipinski definition) is 3. The Balaban J connectivity index is 2.02. The molecule has 1 aromatic rings. The van der Waals surface area contributed by atoms with Gasteiger partial charge in [-0.05, 0) is 44.6 Å². The van der Waals surface area contributed by atoms with E-state index in [4.69, 9.17) is 5.73 Å². The summed E-state index contributed by atoms with van der Waals surface area (Å²) in [4.78, 5) is 4.79. The van der Waals surface area contributed by atoms with E-state index in [-0.39, 0.29) is 6.04 Å². The highest BCUT2D eigenvalue weighted by Gasteiger charge is 2.23. The lowest BCUT2D eigenvalue weighted by molar-refractivity contribution is 0.315. The zero-order valence-corrected chi connectivity index (χ0v) is 11.8. The average molecular weight is 247 g/mol. The summed E-state index contributed by atoms with van der Waals surface area (Å²) in [5.41, 5.74) is 8.61. The van der Waals surface area contributed by atoms with Crippen LogP contribution in [-0.2, 0) is 0 Å². The van der Waals surface area contributed by atoms with E-state index >= 15 is 0 Å². The van der Waals surface area contributed by atoms with Crippen molar-refractivity contribution in [3.63, 3.8) is 0 Å². The molecule has 2 unspecified atom stereocenters. The van der Waals surface area contributed by atoms with E-state index in [2.05, 4.69) is 55.1 Å². The molecule has 2 atom stereocenters. The van der Waals surface area contributed by atoms with Gasteiger partial charge in [0.2, 0.25) is 0 Å². The van der Waals surface area contributed by atoms with Crippen LogP contribution in [0.15, 0.2) is 24.3 Å². The first kappa shape index (κ1) is 13.4. The standard InChI is InChI=1S/C15H25N3/c1-4-15(16)12-5-7-13(8-6-12)18-10-9-14(11-18)17(2)3/h5-8,14-15H,4,9-11,16H2,1-3H3. The third-order valence-electron chi connectivity index (χ3n) is 4.02. The largest absolute Gasteiger partial charge is 0.370 e. The van der Waals surface area contributed by atoms with Crippen LogP contribution in [0.3, 0.4) is 0 Å². The number of benzene rings is 1. The minimum atomic E-state index is 0.173. The molecule has 1 aromatic carbocycles. The number of nitrogens with two attached hydrogens (primary N) is 1. The Kier molecular flexibility index (Phi) is 4.25. The number of nitrogens with zero attached hydrogens (tertiary/aromatic N) is 2. The zero-order chi connectivity index (χ0) is 13.1. The van der Waals surface area contributed by atoms with E-state index < -0.39 is 0 Å². The lowest BCUT2D eigenvalue weighted by Gasteiger charge is -2.22. The van der Waals surface area contributed by atoms with Crippen molar-refractivity contribution in [1.82, 2.24) is 4.90 Å². The fraction of sp³-hybridized carbons (Fsp3) is 0.600. The third kappa shape index (κ3) is 2.85. The topological polar surface area (TPSA) is 32.5 Å². The van der Waals surface area contributed by atoms with Crippen molar-refractivity contribution >= 4 is 5.69 Å². The summed E-state index contributed by atoms with van der Waals surface area (Å²) in [6, 6.07) is 9.62. The number of rotatable bonds is 4. The van der Waals surface area contributed by atoms with Crippen molar-refractivity contribution in [2.45, 2.75) is 31.8 Å². The Hall–Kier alpha value is -1.06. The maximum absolute atomic E-state index is 6.04. The molecule has 100 valence electrons. The van der Waals surface area contributed by atoms with Gasteiger partial charge in [0.25, 0.3) is 0 Å². The van der Waals surface area contributed by atoms with Gasteiger partial charge in [-0.2, -0.15) is 0 Å². The molecule has 1 heterocycles. The lowest BCUT2D eigenvalue weighted by Crippen LogP contribution is -2.31. The van der Waals surface area contributed by atoms with Crippen LogP contribution in [0.5, 0.6) is 0 Å². The molecule has 0 bridgehead atoms. The molecule has 3 heteroatoms. The van der Waals surface area contributed by atoms with Gasteiger partial charge < -0.3 is 15.5 Å². The van der Waals surface area contributed by atoms with Crippen LogP contribution >= 0.6 is 0 Å². The lowest BCUT2D eigenvalue weighted by atomic mass is 10.1. The fourth-order valence-corrected chi connectivity index (χ4v) is 2.57.